The Bertz CT molecular complexity index is 747. The molecule has 108 valence electrons. The van der Waals surface area contributed by atoms with Crippen molar-refractivity contribution in [3.63, 3.8) is 0 Å². The summed E-state index contributed by atoms with van der Waals surface area (Å²) >= 11 is 6.12. The molecule has 0 radical (unpaired) electrons. The van der Waals surface area contributed by atoms with E-state index in [9.17, 15) is 8.42 Å². The highest BCUT2D eigenvalue weighted by Crippen LogP contribution is 2.28. The van der Waals surface area contributed by atoms with Gasteiger partial charge in [0.05, 0.1) is 4.90 Å². The Kier molecular flexibility index (Phi) is 4.29. The summed E-state index contributed by atoms with van der Waals surface area (Å²) in [5, 5.41) is 6.53. The summed E-state index contributed by atoms with van der Waals surface area (Å²) in [5.41, 5.74) is 6.56. The van der Waals surface area contributed by atoms with Crippen LogP contribution in [0.3, 0.4) is 0 Å². The number of benzene rings is 1. The fraction of sp³-hybridized carbons (Fsp3) is 0.308. The number of halogens is 1. The van der Waals surface area contributed by atoms with Gasteiger partial charge >= 0.3 is 0 Å². The SMILES string of the molecule is CCC(N)Cc1cc2c(S(N)(=O)=O)cccc2c(Cl)n1. The molecule has 1 unspecified atom stereocenters. The van der Waals surface area contributed by atoms with Crippen molar-refractivity contribution in [2.24, 2.45) is 10.9 Å². The van der Waals surface area contributed by atoms with Crippen LogP contribution in [-0.2, 0) is 16.4 Å². The average molecular weight is 314 g/mol. The second-order valence-electron chi connectivity index (χ2n) is 4.67. The Morgan fingerprint density at radius 1 is 1.35 bits per heavy atom. The first-order chi connectivity index (χ1) is 9.32. The van der Waals surface area contributed by atoms with Gasteiger partial charge in [0.2, 0.25) is 10.0 Å². The molecular weight excluding hydrogens is 298 g/mol. The summed E-state index contributed by atoms with van der Waals surface area (Å²) in [6.07, 6.45) is 1.33. The molecule has 0 aliphatic carbocycles. The molecule has 0 spiro atoms. The van der Waals surface area contributed by atoms with E-state index >= 15 is 0 Å². The van der Waals surface area contributed by atoms with E-state index < -0.39 is 10.0 Å². The van der Waals surface area contributed by atoms with Crippen LogP contribution in [0.4, 0.5) is 0 Å². The molecule has 7 heteroatoms. The Morgan fingerprint density at radius 3 is 2.65 bits per heavy atom. The Balaban J connectivity index is 2.68. The molecule has 1 heterocycles. The molecule has 1 atom stereocenters. The average Bonchev–Trinajstić information content (AvgIpc) is 2.36. The minimum absolute atomic E-state index is 0.0438. The number of nitrogens with two attached hydrogens (primary N) is 2. The van der Waals surface area contributed by atoms with Crippen molar-refractivity contribution in [2.45, 2.75) is 30.7 Å². The molecule has 2 aromatic rings. The maximum absolute atomic E-state index is 11.6. The van der Waals surface area contributed by atoms with Gasteiger partial charge in [-0.2, -0.15) is 0 Å². The van der Waals surface area contributed by atoms with Crippen molar-refractivity contribution in [2.75, 3.05) is 0 Å². The van der Waals surface area contributed by atoms with Gasteiger partial charge in [-0.25, -0.2) is 18.5 Å². The van der Waals surface area contributed by atoms with Crippen LogP contribution in [0, 0.1) is 0 Å². The number of hydrogen-bond donors (Lipinski definition) is 2. The van der Waals surface area contributed by atoms with E-state index in [0.29, 0.717) is 22.9 Å². The third kappa shape index (κ3) is 3.09. The van der Waals surface area contributed by atoms with Gasteiger partial charge in [0.25, 0.3) is 0 Å². The van der Waals surface area contributed by atoms with Crippen LogP contribution >= 0.6 is 11.6 Å². The smallest absolute Gasteiger partial charge is 0.238 e. The number of rotatable bonds is 4. The van der Waals surface area contributed by atoms with E-state index in [1.807, 2.05) is 6.92 Å². The largest absolute Gasteiger partial charge is 0.327 e. The fourth-order valence-electron chi connectivity index (χ4n) is 2.02. The van der Waals surface area contributed by atoms with Crippen molar-refractivity contribution >= 4 is 32.4 Å². The highest BCUT2D eigenvalue weighted by Gasteiger charge is 2.15. The number of nitrogens with zero attached hydrogens (tertiary/aromatic N) is 1. The van der Waals surface area contributed by atoms with Crippen LogP contribution in [0.15, 0.2) is 29.2 Å². The predicted molar refractivity (Wildman–Crippen MR) is 80.1 cm³/mol. The van der Waals surface area contributed by atoms with Crippen LogP contribution in [0.5, 0.6) is 0 Å². The monoisotopic (exact) mass is 313 g/mol. The molecule has 20 heavy (non-hydrogen) atoms. The van der Waals surface area contributed by atoms with Gasteiger partial charge in [-0.1, -0.05) is 30.7 Å². The summed E-state index contributed by atoms with van der Waals surface area (Å²) in [6, 6.07) is 6.40. The minimum Gasteiger partial charge on any atom is -0.327 e. The summed E-state index contributed by atoms with van der Waals surface area (Å²) in [7, 11) is -3.81. The Labute approximate surface area is 123 Å². The van der Waals surface area contributed by atoms with Crippen LogP contribution < -0.4 is 10.9 Å². The van der Waals surface area contributed by atoms with Gasteiger partial charge in [-0.15, -0.1) is 0 Å². The van der Waals surface area contributed by atoms with E-state index in [-0.39, 0.29) is 16.1 Å². The lowest BCUT2D eigenvalue weighted by Gasteiger charge is -2.11. The first-order valence-corrected chi connectivity index (χ1v) is 8.12. The number of sulfonamides is 1. The quantitative estimate of drug-likeness (QED) is 0.841. The van der Waals surface area contributed by atoms with Gasteiger partial charge in [-0.05, 0) is 18.6 Å². The summed E-state index contributed by atoms with van der Waals surface area (Å²) in [6.45, 7) is 1.98. The highest BCUT2D eigenvalue weighted by atomic mass is 35.5. The molecule has 0 saturated carbocycles. The molecule has 0 aliphatic heterocycles. The Morgan fingerprint density at radius 2 is 2.05 bits per heavy atom. The van der Waals surface area contributed by atoms with Crippen molar-refractivity contribution < 1.29 is 8.42 Å². The standard InChI is InChI=1S/C13H16ClN3O2S/c1-2-8(15)6-9-7-11-10(13(14)17-9)4-3-5-12(11)20(16,18)19/h3-5,7-8H,2,6,15H2,1H3,(H2,16,18,19). The molecule has 4 N–H and O–H groups in total. The van der Waals surface area contributed by atoms with Crippen LogP contribution in [-0.4, -0.2) is 19.4 Å². The first kappa shape index (κ1) is 15.2. The van der Waals surface area contributed by atoms with Crippen LogP contribution in [0.25, 0.3) is 10.8 Å². The zero-order chi connectivity index (χ0) is 14.9. The molecule has 0 aliphatic rings. The maximum atomic E-state index is 11.6. The molecule has 0 saturated heterocycles. The van der Waals surface area contributed by atoms with Crippen LogP contribution in [0.1, 0.15) is 19.0 Å². The van der Waals surface area contributed by atoms with E-state index in [1.165, 1.54) is 6.07 Å². The molecule has 1 aromatic heterocycles. The van der Waals surface area contributed by atoms with Crippen LogP contribution in [0.2, 0.25) is 5.15 Å². The molecule has 0 bridgehead atoms. The molecule has 2 rings (SSSR count). The molecule has 5 nitrogen and oxygen atoms in total. The minimum atomic E-state index is -3.81. The second kappa shape index (κ2) is 5.65. The number of hydrogen-bond acceptors (Lipinski definition) is 4. The van der Waals surface area contributed by atoms with Crippen molar-refractivity contribution in [1.29, 1.82) is 0 Å². The lowest BCUT2D eigenvalue weighted by Crippen LogP contribution is -2.22. The zero-order valence-corrected chi connectivity index (χ0v) is 12.6. The third-order valence-electron chi connectivity index (χ3n) is 3.14. The molecule has 0 fully saturated rings. The number of primary sulfonamides is 1. The second-order valence-corrected chi connectivity index (χ2v) is 6.56. The Hall–Kier alpha value is -1.21. The zero-order valence-electron chi connectivity index (χ0n) is 11.0. The molecule has 0 amide bonds. The lowest BCUT2D eigenvalue weighted by molar-refractivity contribution is 0.598. The fourth-order valence-corrected chi connectivity index (χ4v) is 3.04. The van der Waals surface area contributed by atoms with Gasteiger partial charge in [-0.3, -0.25) is 0 Å². The highest BCUT2D eigenvalue weighted by molar-refractivity contribution is 7.89. The summed E-state index contributed by atoms with van der Waals surface area (Å²) in [5.74, 6) is 0. The van der Waals surface area contributed by atoms with E-state index in [0.717, 1.165) is 6.42 Å². The number of pyridine rings is 1. The van der Waals surface area contributed by atoms with Crippen molar-refractivity contribution in [3.8, 4) is 0 Å². The van der Waals surface area contributed by atoms with E-state index in [2.05, 4.69) is 4.98 Å². The van der Waals surface area contributed by atoms with E-state index in [1.54, 1.807) is 18.2 Å². The summed E-state index contributed by atoms with van der Waals surface area (Å²) < 4.78 is 23.3. The lowest BCUT2D eigenvalue weighted by atomic mass is 10.1. The van der Waals surface area contributed by atoms with Gasteiger partial charge < -0.3 is 5.73 Å². The van der Waals surface area contributed by atoms with Crippen molar-refractivity contribution in [1.82, 2.24) is 4.98 Å². The number of aromatic nitrogens is 1. The van der Waals surface area contributed by atoms with Gasteiger partial charge in [0.1, 0.15) is 5.15 Å². The maximum Gasteiger partial charge on any atom is 0.238 e. The van der Waals surface area contributed by atoms with Gasteiger partial charge in [0, 0.05) is 28.9 Å². The third-order valence-corrected chi connectivity index (χ3v) is 4.40. The normalized spacial score (nSPS) is 13.6. The van der Waals surface area contributed by atoms with E-state index in [4.69, 9.17) is 22.5 Å². The van der Waals surface area contributed by atoms with Gasteiger partial charge in [0.15, 0.2) is 0 Å². The topological polar surface area (TPSA) is 99.1 Å². The molecular formula is C13H16ClN3O2S. The summed E-state index contributed by atoms with van der Waals surface area (Å²) in [4.78, 5) is 4.31. The first-order valence-electron chi connectivity index (χ1n) is 6.19. The predicted octanol–water partition coefficient (Wildman–Crippen LogP) is 1.82. The number of fused-ring (bicyclic) bond motifs is 1. The van der Waals surface area contributed by atoms with Crippen molar-refractivity contribution in [3.05, 3.63) is 35.1 Å². The molecule has 1 aromatic carbocycles.